The Morgan fingerprint density at radius 1 is 1.26 bits per heavy atom. The second kappa shape index (κ2) is 5.84. The quantitative estimate of drug-likeness (QED) is 0.881. The lowest BCUT2D eigenvalue weighted by Crippen LogP contribution is -2.29. The molecule has 4 nitrogen and oxygen atoms in total. The maximum atomic E-state index is 12.0. The lowest BCUT2D eigenvalue weighted by molar-refractivity contribution is 0.0892. The van der Waals surface area contributed by atoms with Crippen molar-refractivity contribution in [1.82, 2.24) is 5.32 Å². The van der Waals surface area contributed by atoms with Gasteiger partial charge in [-0.3, -0.25) is 9.59 Å². The molecule has 0 aliphatic rings. The molecule has 0 aliphatic heterocycles. The van der Waals surface area contributed by atoms with E-state index in [2.05, 4.69) is 21.2 Å². The average Bonchev–Trinajstić information content (AvgIpc) is 2.93. The summed E-state index contributed by atoms with van der Waals surface area (Å²) >= 11 is 3.36. The molecule has 0 radical (unpaired) electrons. The van der Waals surface area contributed by atoms with Crippen LogP contribution in [0.1, 0.15) is 26.5 Å². The summed E-state index contributed by atoms with van der Waals surface area (Å²) in [4.78, 5) is 23.6. The Hall–Kier alpha value is -1.88. The highest BCUT2D eigenvalue weighted by atomic mass is 79.9. The van der Waals surface area contributed by atoms with Crippen LogP contribution in [-0.2, 0) is 0 Å². The van der Waals surface area contributed by atoms with Crippen molar-refractivity contribution in [1.29, 1.82) is 0 Å². The fourth-order valence-corrected chi connectivity index (χ4v) is 2.05. The number of aryl methyl sites for hydroxylation is 1. The van der Waals surface area contributed by atoms with Gasteiger partial charge in [0, 0.05) is 4.47 Å². The summed E-state index contributed by atoms with van der Waals surface area (Å²) < 4.78 is 5.70. The van der Waals surface area contributed by atoms with E-state index in [0.717, 1.165) is 10.0 Å². The first-order valence-corrected chi connectivity index (χ1v) is 6.49. The molecule has 1 heterocycles. The molecule has 0 saturated carbocycles. The average molecular weight is 322 g/mol. The largest absolute Gasteiger partial charge is 0.461 e. The predicted molar refractivity (Wildman–Crippen MR) is 74.3 cm³/mol. The molecule has 0 bridgehead atoms. The molecule has 1 aromatic heterocycles. The molecular weight excluding hydrogens is 310 g/mol. The van der Waals surface area contributed by atoms with Gasteiger partial charge in [-0.1, -0.05) is 12.1 Å². The monoisotopic (exact) mass is 321 g/mol. The van der Waals surface area contributed by atoms with Gasteiger partial charge in [0.1, 0.15) is 0 Å². The summed E-state index contributed by atoms with van der Waals surface area (Å²) in [5, 5.41) is 2.58. The van der Waals surface area contributed by atoms with Crippen molar-refractivity contribution in [2.45, 2.75) is 6.92 Å². The Morgan fingerprint density at radius 2 is 2.05 bits per heavy atom. The van der Waals surface area contributed by atoms with E-state index in [4.69, 9.17) is 4.42 Å². The summed E-state index contributed by atoms with van der Waals surface area (Å²) in [5.41, 5.74) is 1.47. The Bertz CT molecular complexity index is 605. The summed E-state index contributed by atoms with van der Waals surface area (Å²) in [6, 6.07) is 8.59. The van der Waals surface area contributed by atoms with Gasteiger partial charge in [-0.2, -0.15) is 0 Å². The van der Waals surface area contributed by atoms with E-state index in [0.29, 0.717) is 5.56 Å². The van der Waals surface area contributed by atoms with E-state index in [1.807, 2.05) is 13.0 Å². The van der Waals surface area contributed by atoms with Gasteiger partial charge in [0.25, 0.3) is 5.91 Å². The number of furan rings is 1. The highest BCUT2D eigenvalue weighted by Crippen LogP contribution is 2.20. The molecule has 0 unspecified atom stereocenters. The number of hydrogen-bond donors (Lipinski definition) is 1. The number of carbonyl (C=O) groups is 2. The van der Waals surface area contributed by atoms with Crippen molar-refractivity contribution in [3.05, 3.63) is 58.0 Å². The standard InChI is InChI=1S/C14H12BrNO3/c1-9-4-2-5-10(13(9)15)14(18)16-8-11(17)12-6-3-7-19-12/h2-7H,8H2,1H3,(H,16,18). The zero-order valence-electron chi connectivity index (χ0n) is 10.3. The van der Waals surface area contributed by atoms with Gasteiger partial charge in [0.05, 0.1) is 18.4 Å². The minimum atomic E-state index is -0.296. The van der Waals surface area contributed by atoms with Crippen molar-refractivity contribution in [2.75, 3.05) is 6.54 Å². The third kappa shape index (κ3) is 3.12. The molecule has 0 fully saturated rings. The Morgan fingerprint density at radius 3 is 2.74 bits per heavy atom. The zero-order valence-corrected chi connectivity index (χ0v) is 11.9. The third-order valence-electron chi connectivity index (χ3n) is 2.64. The number of amides is 1. The lowest BCUT2D eigenvalue weighted by Gasteiger charge is -2.07. The molecule has 19 heavy (non-hydrogen) atoms. The van der Waals surface area contributed by atoms with E-state index in [1.165, 1.54) is 6.26 Å². The molecule has 98 valence electrons. The fourth-order valence-electron chi connectivity index (χ4n) is 1.60. The van der Waals surface area contributed by atoms with Crippen LogP contribution < -0.4 is 5.32 Å². The van der Waals surface area contributed by atoms with Crippen molar-refractivity contribution >= 4 is 27.6 Å². The molecule has 0 aliphatic carbocycles. The molecule has 0 atom stereocenters. The smallest absolute Gasteiger partial charge is 0.252 e. The van der Waals surface area contributed by atoms with Crippen LogP contribution in [0.3, 0.4) is 0 Å². The molecule has 1 N–H and O–H groups in total. The van der Waals surface area contributed by atoms with Gasteiger partial charge in [0.15, 0.2) is 5.76 Å². The van der Waals surface area contributed by atoms with Gasteiger partial charge < -0.3 is 9.73 Å². The first kappa shape index (κ1) is 13.5. The van der Waals surface area contributed by atoms with Gasteiger partial charge in [0.2, 0.25) is 5.78 Å². The Labute approximate surface area is 118 Å². The van der Waals surface area contributed by atoms with Crippen LogP contribution in [0.2, 0.25) is 0 Å². The second-order valence-electron chi connectivity index (χ2n) is 4.02. The summed E-state index contributed by atoms with van der Waals surface area (Å²) in [6.07, 6.45) is 1.42. The summed E-state index contributed by atoms with van der Waals surface area (Å²) in [6.45, 7) is 1.81. The Kier molecular flexibility index (Phi) is 4.16. The van der Waals surface area contributed by atoms with E-state index in [1.54, 1.807) is 24.3 Å². The number of halogens is 1. The number of ketones is 1. The SMILES string of the molecule is Cc1cccc(C(=O)NCC(=O)c2ccco2)c1Br. The maximum absolute atomic E-state index is 12.0. The van der Waals surface area contributed by atoms with E-state index in [9.17, 15) is 9.59 Å². The molecule has 1 aromatic carbocycles. The van der Waals surface area contributed by atoms with Crippen molar-refractivity contribution in [3.8, 4) is 0 Å². The van der Waals surface area contributed by atoms with Crippen molar-refractivity contribution in [3.63, 3.8) is 0 Å². The van der Waals surface area contributed by atoms with Crippen LogP contribution in [0.15, 0.2) is 45.5 Å². The van der Waals surface area contributed by atoms with E-state index < -0.39 is 0 Å². The first-order valence-electron chi connectivity index (χ1n) is 5.69. The highest BCUT2D eigenvalue weighted by molar-refractivity contribution is 9.10. The topological polar surface area (TPSA) is 59.3 Å². The molecular formula is C14H12BrNO3. The van der Waals surface area contributed by atoms with Crippen molar-refractivity contribution in [2.24, 2.45) is 0 Å². The zero-order chi connectivity index (χ0) is 13.8. The summed E-state index contributed by atoms with van der Waals surface area (Å²) in [7, 11) is 0. The summed E-state index contributed by atoms with van der Waals surface area (Å²) in [5.74, 6) is -0.318. The fraction of sp³-hybridized carbons (Fsp3) is 0.143. The van der Waals surface area contributed by atoms with Crippen LogP contribution in [0.4, 0.5) is 0 Å². The van der Waals surface area contributed by atoms with Crippen LogP contribution in [0, 0.1) is 6.92 Å². The van der Waals surface area contributed by atoms with Crippen molar-refractivity contribution < 1.29 is 14.0 Å². The minimum absolute atomic E-state index is 0.0905. The van der Waals surface area contributed by atoms with E-state index in [-0.39, 0.29) is 24.0 Å². The van der Waals surface area contributed by atoms with Gasteiger partial charge >= 0.3 is 0 Å². The van der Waals surface area contributed by atoms with Gasteiger partial charge in [-0.15, -0.1) is 0 Å². The van der Waals surface area contributed by atoms with Crippen LogP contribution in [0.5, 0.6) is 0 Å². The van der Waals surface area contributed by atoms with Crippen LogP contribution in [0.25, 0.3) is 0 Å². The van der Waals surface area contributed by atoms with Gasteiger partial charge in [-0.05, 0) is 46.6 Å². The molecule has 0 saturated heterocycles. The molecule has 5 heteroatoms. The highest BCUT2D eigenvalue weighted by Gasteiger charge is 2.14. The van der Waals surface area contributed by atoms with Gasteiger partial charge in [-0.25, -0.2) is 0 Å². The molecule has 1 amide bonds. The normalized spacial score (nSPS) is 10.2. The Balaban J connectivity index is 2.02. The van der Waals surface area contributed by atoms with Crippen LogP contribution >= 0.6 is 15.9 Å². The third-order valence-corrected chi connectivity index (χ3v) is 3.69. The maximum Gasteiger partial charge on any atom is 0.252 e. The number of Topliss-reactive ketones (excluding diaryl/α,β-unsaturated/α-hetero) is 1. The van der Waals surface area contributed by atoms with E-state index >= 15 is 0 Å². The number of nitrogens with one attached hydrogen (secondary N) is 1. The number of benzene rings is 1. The predicted octanol–water partition coefficient (Wildman–Crippen LogP) is 2.96. The second-order valence-corrected chi connectivity index (χ2v) is 4.81. The van der Waals surface area contributed by atoms with Crippen LogP contribution in [-0.4, -0.2) is 18.2 Å². The number of rotatable bonds is 4. The molecule has 0 spiro atoms. The molecule has 2 rings (SSSR count). The number of hydrogen-bond acceptors (Lipinski definition) is 3. The lowest BCUT2D eigenvalue weighted by atomic mass is 10.1. The molecule has 2 aromatic rings. The minimum Gasteiger partial charge on any atom is -0.461 e. The number of carbonyl (C=O) groups excluding carboxylic acids is 2. The first-order chi connectivity index (χ1) is 9.09.